The van der Waals surface area contributed by atoms with Crippen molar-refractivity contribution < 1.29 is 0 Å². The third kappa shape index (κ3) is 1.70. The number of nitrogens with zero attached hydrogens (tertiary/aromatic N) is 1. The minimum atomic E-state index is 0.767. The summed E-state index contributed by atoms with van der Waals surface area (Å²) in [5.74, 6) is 0.767. The average Bonchev–Trinajstić information content (AvgIpc) is 2.30. The van der Waals surface area contributed by atoms with Crippen LogP contribution < -0.4 is 5.32 Å². The summed E-state index contributed by atoms with van der Waals surface area (Å²) in [6.07, 6.45) is 4.07. The molecule has 0 aliphatic heterocycles. The summed E-state index contributed by atoms with van der Waals surface area (Å²) in [4.78, 5) is 6.03. The van der Waals surface area contributed by atoms with Gasteiger partial charge in [0, 0.05) is 17.3 Å². The fraction of sp³-hybridized carbons (Fsp3) is 0.700. The van der Waals surface area contributed by atoms with Gasteiger partial charge in [-0.25, -0.2) is 4.98 Å². The summed E-state index contributed by atoms with van der Waals surface area (Å²) in [6, 6.07) is 0. The maximum absolute atomic E-state index is 4.63. The summed E-state index contributed by atoms with van der Waals surface area (Å²) in [5.41, 5.74) is 1.35. The molecule has 0 bridgehead atoms. The largest absolute Gasteiger partial charge is 0.362 e. The maximum atomic E-state index is 4.63. The van der Waals surface area contributed by atoms with Crippen molar-refractivity contribution in [2.45, 2.75) is 39.0 Å². The van der Waals surface area contributed by atoms with Crippen molar-refractivity contribution in [2.24, 2.45) is 0 Å². The molecule has 2 nitrogen and oxygen atoms in total. The highest BCUT2D eigenvalue weighted by molar-refractivity contribution is 7.15. The van der Waals surface area contributed by atoms with E-state index < -0.39 is 0 Å². The summed E-state index contributed by atoms with van der Waals surface area (Å²) >= 11 is 1.79. The molecule has 13 heavy (non-hydrogen) atoms. The van der Waals surface area contributed by atoms with E-state index in [9.17, 15) is 0 Å². The molecular formula is C10H16N2S. The molecule has 2 rings (SSSR count). The van der Waals surface area contributed by atoms with Crippen molar-refractivity contribution in [1.29, 1.82) is 0 Å². The Morgan fingerprint density at radius 3 is 2.85 bits per heavy atom. The van der Waals surface area contributed by atoms with Crippen LogP contribution in [-0.4, -0.2) is 11.5 Å². The van der Waals surface area contributed by atoms with Gasteiger partial charge in [0.15, 0.2) is 5.13 Å². The number of anilines is 1. The van der Waals surface area contributed by atoms with Crippen LogP contribution in [0.3, 0.4) is 0 Å². The van der Waals surface area contributed by atoms with Crippen LogP contribution in [0.25, 0.3) is 0 Å². The molecule has 0 atom stereocenters. The first-order valence-corrected chi connectivity index (χ1v) is 5.84. The summed E-state index contributed by atoms with van der Waals surface area (Å²) in [5, 5.41) is 4.38. The lowest BCUT2D eigenvalue weighted by Gasteiger charge is -2.23. The molecule has 1 N–H and O–H groups in total. The lowest BCUT2D eigenvalue weighted by Crippen LogP contribution is -2.10. The van der Waals surface area contributed by atoms with E-state index in [0.717, 1.165) is 17.6 Å². The van der Waals surface area contributed by atoms with Crippen molar-refractivity contribution in [3.63, 3.8) is 0 Å². The van der Waals surface area contributed by atoms with E-state index in [0.29, 0.717) is 0 Å². The smallest absolute Gasteiger partial charge is 0.183 e. The Bertz CT molecular complexity index is 289. The lowest BCUT2D eigenvalue weighted by molar-refractivity contribution is 0.411. The van der Waals surface area contributed by atoms with E-state index in [1.54, 1.807) is 11.3 Å². The van der Waals surface area contributed by atoms with Gasteiger partial charge in [-0.2, -0.15) is 0 Å². The highest BCUT2D eigenvalue weighted by Gasteiger charge is 2.24. The quantitative estimate of drug-likeness (QED) is 0.803. The van der Waals surface area contributed by atoms with Gasteiger partial charge in [0.05, 0.1) is 5.69 Å². The Morgan fingerprint density at radius 1 is 1.54 bits per heavy atom. The van der Waals surface area contributed by atoms with E-state index >= 15 is 0 Å². The van der Waals surface area contributed by atoms with Gasteiger partial charge in [-0.3, -0.25) is 0 Å². The second kappa shape index (κ2) is 3.66. The molecule has 0 spiro atoms. The number of hydrogen-bond acceptors (Lipinski definition) is 3. The Labute approximate surface area is 83.4 Å². The predicted octanol–water partition coefficient (Wildman–Crippen LogP) is 3.15. The Morgan fingerprint density at radius 2 is 2.31 bits per heavy atom. The second-order valence-corrected chi connectivity index (χ2v) is 4.82. The standard InChI is InChI=1S/C10H16N2S/c1-3-11-10-12-9(7(2)13-10)8-5-4-6-8/h8H,3-6H2,1-2H3,(H,11,12). The SMILES string of the molecule is CCNc1nc(C2CCC2)c(C)s1. The van der Waals surface area contributed by atoms with Crippen LogP contribution in [0, 0.1) is 6.92 Å². The molecule has 0 amide bonds. The van der Waals surface area contributed by atoms with Gasteiger partial charge >= 0.3 is 0 Å². The molecule has 1 fully saturated rings. The van der Waals surface area contributed by atoms with E-state index in [-0.39, 0.29) is 0 Å². The van der Waals surface area contributed by atoms with E-state index in [2.05, 4.69) is 24.1 Å². The highest BCUT2D eigenvalue weighted by atomic mass is 32.1. The molecular weight excluding hydrogens is 180 g/mol. The first-order valence-electron chi connectivity index (χ1n) is 5.02. The maximum Gasteiger partial charge on any atom is 0.183 e. The van der Waals surface area contributed by atoms with Crippen LogP contribution in [0.4, 0.5) is 5.13 Å². The van der Waals surface area contributed by atoms with E-state index in [1.165, 1.54) is 29.8 Å². The Kier molecular flexibility index (Phi) is 2.54. The number of nitrogens with one attached hydrogen (secondary N) is 1. The van der Waals surface area contributed by atoms with Crippen LogP contribution in [0.2, 0.25) is 0 Å². The van der Waals surface area contributed by atoms with Crippen LogP contribution in [0.5, 0.6) is 0 Å². The molecule has 0 radical (unpaired) electrons. The molecule has 0 aromatic carbocycles. The lowest BCUT2D eigenvalue weighted by atomic mass is 9.83. The zero-order valence-corrected chi connectivity index (χ0v) is 9.08. The Balaban J connectivity index is 2.15. The van der Waals surface area contributed by atoms with E-state index in [1.807, 2.05) is 0 Å². The fourth-order valence-corrected chi connectivity index (χ4v) is 2.66. The van der Waals surface area contributed by atoms with Crippen LogP contribution >= 0.6 is 11.3 Å². The van der Waals surface area contributed by atoms with Gasteiger partial charge in [-0.05, 0) is 26.7 Å². The van der Waals surface area contributed by atoms with Gasteiger partial charge in [0.1, 0.15) is 0 Å². The summed E-state index contributed by atoms with van der Waals surface area (Å²) in [7, 11) is 0. The van der Waals surface area contributed by atoms with Gasteiger partial charge in [0.2, 0.25) is 0 Å². The predicted molar refractivity (Wildman–Crippen MR) is 57.6 cm³/mol. The Hall–Kier alpha value is -0.570. The molecule has 0 unspecified atom stereocenters. The number of hydrogen-bond donors (Lipinski definition) is 1. The average molecular weight is 196 g/mol. The van der Waals surface area contributed by atoms with Gasteiger partial charge in [-0.15, -0.1) is 11.3 Å². The summed E-state index contributed by atoms with van der Waals surface area (Å²) in [6.45, 7) is 5.27. The zero-order valence-electron chi connectivity index (χ0n) is 8.26. The molecule has 1 aromatic heterocycles. The molecule has 3 heteroatoms. The third-order valence-electron chi connectivity index (χ3n) is 2.65. The fourth-order valence-electron chi connectivity index (χ4n) is 1.70. The monoisotopic (exact) mass is 196 g/mol. The number of aryl methyl sites for hydroxylation is 1. The highest BCUT2D eigenvalue weighted by Crippen LogP contribution is 2.39. The van der Waals surface area contributed by atoms with Crippen LogP contribution in [-0.2, 0) is 0 Å². The van der Waals surface area contributed by atoms with Crippen molar-refractivity contribution in [1.82, 2.24) is 4.98 Å². The molecule has 1 aliphatic carbocycles. The molecule has 1 aliphatic rings. The number of aromatic nitrogens is 1. The van der Waals surface area contributed by atoms with Crippen molar-refractivity contribution >= 4 is 16.5 Å². The minimum Gasteiger partial charge on any atom is -0.362 e. The number of rotatable bonds is 3. The van der Waals surface area contributed by atoms with Gasteiger partial charge < -0.3 is 5.32 Å². The first kappa shape index (κ1) is 9.00. The van der Waals surface area contributed by atoms with Gasteiger partial charge in [0.25, 0.3) is 0 Å². The molecule has 72 valence electrons. The van der Waals surface area contributed by atoms with Crippen molar-refractivity contribution in [3.8, 4) is 0 Å². The second-order valence-electron chi connectivity index (χ2n) is 3.62. The minimum absolute atomic E-state index is 0.767. The normalized spacial score (nSPS) is 17.1. The zero-order chi connectivity index (χ0) is 9.26. The molecule has 1 saturated carbocycles. The van der Waals surface area contributed by atoms with Crippen molar-refractivity contribution in [2.75, 3.05) is 11.9 Å². The van der Waals surface area contributed by atoms with Crippen molar-refractivity contribution in [3.05, 3.63) is 10.6 Å². The molecule has 1 aromatic rings. The number of thiazole rings is 1. The van der Waals surface area contributed by atoms with Crippen LogP contribution in [0.15, 0.2) is 0 Å². The first-order chi connectivity index (χ1) is 6.31. The van der Waals surface area contributed by atoms with Crippen LogP contribution in [0.1, 0.15) is 42.7 Å². The van der Waals surface area contributed by atoms with Gasteiger partial charge in [-0.1, -0.05) is 6.42 Å². The third-order valence-corrected chi connectivity index (χ3v) is 3.60. The topological polar surface area (TPSA) is 24.9 Å². The molecule has 1 heterocycles. The van der Waals surface area contributed by atoms with E-state index in [4.69, 9.17) is 0 Å². The molecule has 0 saturated heterocycles. The summed E-state index contributed by atoms with van der Waals surface area (Å²) < 4.78 is 0.